The van der Waals surface area contributed by atoms with E-state index in [2.05, 4.69) is 42.8 Å². The molecule has 20 heavy (non-hydrogen) atoms. The lowest BCUT2D eigenvalue weighted by Crippen LogP contribution is -2.42. The molecule has 2 heterocycles. The van der Waals surface area contributed by atoms with E-state index in [-0.39, 0.29) is 0 Å². The van der Waals surface area contributed by atoms with E-state index in [4.69, 9.17) is 5.73 Å². The summed E-state index contributed by atoms with van der Waals surface area (Å²) in [6.07, 6.45) is 4.44. The van der Waals surface area contributed by atoms with Gasteiger partial charge < -0.3 is 10.6 Å². The van der Waals surface area contributed by atoms with Gasteiger partial charge >= 0.3 is 0 Å². The Bertz CT molecular complexity index is 458. The van der Waals surface area contributed by atoms with Crippen molar-refractivity contribution in [2.45, 2.75) is 66.0 Å². The van der Waals surface area contributed by atoms with Crippen LogP contribution < -0.4 is 10.6 Å². The molecule has 2 N–H and O–H groups in total. The topological polar surface area (TPSA) is 55.0 Å². The average Bonchev–Trinajstić information content (AvgIpc) is 2.47. The Labute approximate surface area is 122 Å². The van der Waals surface area contributed by atoms with Crippen molar-refractivity contribution >= 4 is 5.82 Å². The van der Waals surface area contributed by atoms with Gasteiger partial charge in [-0.1, -0.05) is 20.8 Å². The second-order valence-corrected chi connectivity index (χ2v) is 6.02. The molecule has 0 amide bonds. The Hall–Kier alpha value is -1.16. The maximum atomic E-state index is 6.04. The van der Waals surface area contributed by atoms with Crippen LogP contribution in [0.25, 0.3) is 0 Å². The van der Waals surface area contributed by atoms with E-state index in [1.807, 2.05) is 0 Å². The van der Waals surface area contributed by atoms with Gasteiger partial charge in [0.25, 0.3) is 0 Å². The molecule has 0 saturated carbocycles. The van der Waals surface area contributed by atoms with E-state index in [0.29, 0.717) is 12.6 Å². The summed E-state index contributed by atoms with van der Waals surface area (Å²) in [5.74, 6) is 1.75. The number of hydrogen-bond acceptors (Lipinski definition) is 4. The number of hydrogen-bond donors (Lipinski definition) is 1. The predicted molar refractivity (Wildman–Crippen MR) is 83.9 cm³/mol. The van der Waals surface area contributed by atoms with Crippen molar-refractivity contribution in [2.75, 3.05) is 11.4 Å². The minimum Gasteiger partial charge on any atom is -0.352 e. The minimum absolute atomic E-state index is 0.531. The third-order valence-corrected chi connectivity index (χ3v) is 4.53. The summed E-state index contributed by atoms with van der Waals surface area (Å²) >= 11 is 0. The largest absolute Gasteiger partial charge is 0.352 e. The van der Waals surface area contributed by atoms with Crippen molar-refractivity contribution in [2.24, 2.45) is 11.7 Å². The Morgan fingerprint density at radius 3 is 2.45 bits per heavy atom. The second kappa shape index (κ2) is 6.53. The smallest absolute Gasteiger partial charge is 0.156 e. The summed E-state index contributed by atoms with van der Waals surface area (Å²) in [5, 5.41) is 9.00. The van der Waals surface area contributed by atoms with Crippen LogP contribution in [0.3, 0.4) is 0 Å². The Kier molecular flexibility index (Phi) is 4.97. The van der Waals surface area contributed by atoms with Crippen LogP contribution in [0.15, 0.2) is 0 Å². The highest BCUT2D eigenvalue weighted by Gasteiger charge is 2.27. The zero-order valence-electron chi connectivity index (χ0n) is 13.3. The van der Waals surface area contributed by atoms with Crippen molar-refractivity contribution in [3.8, 4) is 0 Å². The molecule has 0 spiro atoms. The monoisotopic (exact) mass is 276 g/mol. The van der Waals surface area contributed by atoms with Crippen molar-refractivity contribution in [3.05, 3.63) is 16.8 Å². The standard InChI is InChI=1S/C16H28N4/c1-5-13-14(9-17)16(19-18-15(13)6-2)20-10-11(3)7-8-12(20)4/h11-12H,5-10,17H2,1-4H3. The Morgan fingerprint density at radius 2 is 1.85 bits per heavy atom. The third-order valence-electron chi connectivity index (χ3n) is 4.53. The van der Waals surface area contributed by atoms with Gasteiger partial charge in [0.15, 0.2) is 5.82 Å². The van der Waals surface area contributed by atoms with E-state index in [9.17, 15) is 0 Å². The first kappa shape index (κ1) is 15.2. The Balaban J connectivity index is 2.45. The molecule has 4 nitrogen and oxygen atoms in total. The van der Waals surface area contributed by atoms with Gasteiger partial charge in [-0.05, 0) is 44.1 Å². The van der Waals surface area contributed by atoms with Gasteiger partial charge in [-0.3, -0.25) is 0 Å². The number of piperidine rings is 1. The molecular weight excluding hydrogens is 248 g/mol. The molecular formula is C16H28N4. The number of nitrogens with zero attached hydrogens (tertiary/aromatic N) is 3. The third kappa shape index (κ3) is 2.80. The molecule has 2 unspecified atom stereocenters. The minimum atomic E-state index is 0.531. The van der Waals surface area contributed by atoms with Gasteiger partial charge in [0, 0.05) is 24.7 Å². The van der Waals surface area contributed by atoms with Gasteiger partial charge in [0.05, 0.1) is 5.69 Å². The normalized spacial score (nSPS) is 23.1. The molecule has 0 aromatic carbocycles. The van der Waals surface area contributed by atoms with Gasteiger partial charge in [-0.2, -0.15) is 5.10 Å². The highest BCUT2D eigenvalue weighted by molar-refractivity contribution is 5.52. The first-order valence-corrected chi connectivity index (χ1v) is 7.96. The lowest BCUT2D eigenvalue weighted by molar-refractivity contribution is 0.386. The first-order valence-electron chi connectivity index (χ1n) is 7.96. The maximum absolute atomic E-state index is 6.04. The SMILES string of the molecule is CCc1nnc(N2CC(C)CCC2C)c(CN)c1CC. The highest BCUT2D eigenvalue weighted by atomic mass is 15.3. The van der Waals surface area contributed by atoms with Crippen LogP contribution in [-0.4, -0.2) is 22.8 Å². The average molecular weight is 276 g/mol. The fraction of sp³-hybridized carbons (Fsp3) is 0.750. The molecule has 1 fully saturated rings. The molecule has 0 radical (unpaired) electrons. The van der Waals surface area contributed by atoms with Crippen LogP contribution in [0.4, 0.5) is 5.82 Å². The van der Waals surface area contributed by atoms with Gasteiger partial charge in [-0.15, -0.1) is 5.10 Å². The summed E-state index contributed by atoms with van der Waals surface area (Å²) in [5.41, 5.74) is 9.67. The molecule has 1 saturated heterocycles. The first-order chi connectivity index (χ1) is 9.62. The quantitative estimate of drug-likeness (QED) is 0.918. The summed E-state index contributed by atoms with van der Waals surface area (Å²) in [6, 6.07) is 0.531. The van der Waals surface area contributed by atoms with Crippen molar-refractivity contribution in [3.63, 3.8) is 0 Å². The maximum Gasteiger partial charge on any atom is 0.156 e. The van der Waals surface area contributed by atoms with Crippen LogP contribution in [0.5, 0.6) is 0 Å². The molecule has 2 rings (SSSR count). The molecule has 1 aromatic heterocycles. The van der Waals surface area contributed by atoms with E-state index in [1.54, 1.807) is 0 Å². The second-order valence-electron chi connectivity index (χ2n) is 6.02. The van der Waals surface area contributed by atoms with E-state index in [1.165, 1.54) is 24.0 Å². The van der Waals surface area contributed by atoms with Crippen LogP contribution in [-0.2, 0) is 19.4 Å². The fourth-order valence-electron chi connectivity index (χ4n) is 3.27. The molecule has 2 atom stereocenters. The van der Waals surface area contributed by atoms with E-state index in [0.717, 1.165) is 36.8 Å². The molecule has 4 heteroatoms. The predicted octanol–water partition coefficient (Wildman–Crippen LogP) is 2.68. The van der Waals surface area contributed by atoms with Gasteiger partial charge in [0.2, 0.25) is 0 Å². The van der Waals surface area contributed by atoms with Gasteiger partial charge in [-0.25, -0.2) is 0 Å². The van der Waals surface area contributed by atoms with Crippen LogP contribution in [0.1, 0.15) is 57.4 Å². The molecule has 0 bridgehead atoms. The van der Waals surface area contributed by atoms with Gasteiger partial charge in [0.1, 0.15) is 0 Å². The number of aryl methyl sites for hydroxylation is 1. The van der Waals surface area contributed by atoms with Crippen LogP contribution >= 0.6 is 0 Å². The van der Waals surface area contributed by atoms with Crippen molar-refractivity contribution < 1.29 is 0 Å². The molecule has 1 aliphatic heterocycles. The Morgan fingerprint density at radius 1 is 1.10 bits per heavy atom. The molecule has 112 valence electrons. The summed E-state index contributed by atoms with van der Waals surface area (Å²) in [4.78, 5) is 2.42. The molecule has 1 aliphatic rings. The van der Waals surface area contributed by atoms with E-state index < -0.39 is 0 Å². The number of anilines is 1. The summed E-state index contributed by atoms with van der Waals surface area (Å²) < 4.78 is 0. The lowest BCUT2D eigenvalue weighted by atomic mass is 9.94. The van der Waals surface area contributed by atoms with Crippen molar-refractivity contribution in [1.29, 1.82) is 0 Å². The summed E-state index contributed by atoms with van der Waals surface area (Å²) in [7, 11) is 0. The number of rotatable bonds is 4. The van der Waals surface area contributed by atoms with E-state index >= 15 is 0 Å². The fourth-order valence-corrected chi connectivity index (χ4v) is 3.27. The summed E-state index contributed by atoms with van der Waals surface area (Å²) in [6.45, 7) is 10.5. The van der Waals surface area contributed by atoms with Crippen LogP contribution in [0.2, 0.25) is 0 Å². The molecule has 1 aromatic rings. The van der Waals surface area contributed by atoms with Crippen LogP contribution in [0, 0.1) is 5.92 Å². The molecule has 0 aliphatic carbocycles. The highest BCUT2D eigenvalue weighted by Crippen LogP contribution is 2.30. The zero-order valence-corrected chi connectivity index (χ0v) is 13.3. The van der Waals surface area contributed by atoms with Crippen molar-refractivity contribution in [1.82, 2.24) is 10.2 Å². The zero-order chi connectivity index (χ0) is 14.7. The lowest BCUT2D eigenvalue weighted by Gasteiger charge is -2.38. The number of aromatic nitrogens is 2. The number of nitrogens with two attached hydrogens (primary N) is 1.